The van der Waals surface area contributed by atoms with Gasteiger partial charge in [0, 0.05) is 38.5 Å². The molecule has 1 fully saturated rings. The van der Waals surface area contributed by atoms with Gasteiger partial charge >= 0.3 is 0 Å². The Hall–Kier alpha value is -3.51. The van der Waals surface area contributed by atoms with E-state index < -0.39 is 6.10 Å². The van der Waals surface area contributed by atoms with E-state index >= 15 is 0 Å². The highest BCUT2D eigenvalue weighted by Gasteiger charge is 2.26. The Balaban J connectivity index is 1.37. The second kappa shape index (κ2) is 10.4. The third-order valence-corrected chi connectivity index (χ3v) is 5.97. The van der Waals surface area contributed by atoms with Crippen LogP contribution in [-0.4, -0.2) is 66.8 Å². The van der Waals surface area contributed by atoms with Crippen LogP contribution in [0.25, 0.3) is 0 Å². The van der Waals surface area contributed by atoms with Crippen LogP contribution in [0.3, 0.4) is 0 Å². The fourth-order valence-electron chi connectivity index (χ4n) is 3.60. The van der Waals surface area contributed by atoms with Crippen molar-refractivity contribution in [2.75, 3.05) is 50.0 Å². The zero-order valence-corrected chi connectivity index (χ0v) is 19.3. The monoisotopic (exact) mass is 471 g/mol. The molecule has 33 heavy (non-hydrogen) atoms. The number of anilines is 3. The van der Waals surface area contributed by atoms with E-state index in [1.807, 2.05) is 12.1 Å². The fraction of sp³-hybridized carbons (Fsp3) is 0.381. The van der Waals surface area contributed by atoms with Gasteiger partial charge in [-0.25, -0.2) is 0 Å². The third-order valence-electron chi connectivity index (χ3n) is 5.20. The molecule has 174 valence electrons. The minimum atomic E-state index is -0.871. The standard InChI is InChI=1S/C21H25N7O4S/c1-30-15-9-13(10-16(11-15)31-2)18(32-3)19(29)24-21-27-26-20(33-21)23-14-6-8-28(12-14)17-5-4-7-22-25-17/h4-5,7,9-11,14,18H,6,8,12H2,1-3H3,(H,23,26)(H,24,27,29)/t14-,18?/m1/s1. The first-order valence-corrected chi connectivity index (χ1v) is 11.1. The first kappa shape index (κ1) is 22.7. The van der Waals surface area contributed by atoms with Crippen molar-refractivity contribution in [3.05, 3.63) is 42.1 Å². The van der Waals surface area contributed by atoms with Gasteiger partial charge in [-0.2, -0.15) is 5.10 Å². The largest absolute Gasteiger partial charge is 0.497 e. The molecule has 2 N–H and O–H groups in total. The molecular weight excluding hydrogens is 446 g/mol. The molecular formula is C21H25N7O4S. The Morgan fingerprint density at radius 2 is 1.88 bits per heavy atom. The molecule has 3 heterocycles. The average molecular weight is 472 g/mol. The van der Waals surface area contributed by atoms with Crippen molar-refractivity contribution in [2.45, 2.75) is 18.6 Å². The van der Waals surface area contributed by atoms with Gasteiger partial charge in [0.1, 0.15) is 11.5 Å². The summed E-state index contributed by atoms with van der Waals surface area (Å²) >= 11 is 1.27. The molecule has 0 radical (unpaired) electrons. The van der Waals surface area contributed by atoms with Gasteiger partial charge in [0.05, 0.1) is 14.2 Å². The van der Waals surface area contributed by atoms with Crippen LogP contribution in [0.4, 0.5) is 16.1 Å². The lowest BCUT2D eigenvalue weighted by Gasteiger charge is -2.16. The zero-order valence-electron chi connectivity index (χ0n) is 18.5. The predicted molar refractivity (Wildman–Crippen MR) is 124 cm³/mol. The van der Waals surface area contributed by atoms with E-state index in [1.165, 1.54) is 18.4 Å². The van der Waals surface area contributed by atoms with Gasteiger partial charge in [-0.1, -0.05) is 11.3 Å². The molecule has 0 aliphatic carbocycles. The summed E-state index contributed by atoms with van der Waals surface area (Å²) in [6.45, 7) is 1.65. The van der Waals surface area contributed by atoms with Crippen LogP contribution in [0, 0.1) is 0 Å². The number of rotatable bonds is 9. The highest BCUT2D eigenvalue weighted by Crippen LogP contribution is 2.30. The summed E-state index contributed by atoms with van der Waals surface area (Å²) in [5.41, 5.74) is 0.601. The van der Waals surface area contributed by atoms with E-state index in [4.69, 9.17) is 14.2 Å². The molecule has 3 aromatic rings. The molecule has 2 aromatic heterocycles. The van der Waals surface area contributed by atoms with Crippen LogP contribution in [0.2, 0.25) is 0 Å². The smallest absolute Gasteiger partial charge is 0.259 e. The van der Waals surface area contributed by atoms with E-state index in [0.717, 1.165) is 25.3 Å². The molecule has 0 spiro atoms. The highest BCUT2D eigenvalue weighted by molar-refractivity contribution is 7.19. The van der Waals surface area contributed by atoms with Crippen LogP contribution >= 0.6 is 11.3 Å². The fourth-order valence-corrected chi connectivity index (χ4v) is 4.32. The van der Waals surface area contributed by atoms with Crippen molar-refractivity contribution >= 4 is 33.3 Å². The number of nitrogens with zero attached hydrogens (tertiary/aromatic N) is 5. The lowest BCUT2D eigenvalue weighted by molar-refractivity contribution is -0.126. The maximum absolute atomic E-state index is 12.9. The molecule has 0 saturated carbocycles. The quantitative estimate of drug-likeness (QED) is 0.481. The minimum absolute atomic E-state index is 0.194. The Morgan fingerprint density at radius 1 is 1.12 bits per heavy atom. The number of nitrogens with one attached hydrogen (secondary N) is 2. The van der Waals surface area contributed by atoms with Gasteiger partial charge < -0.3 is 24.4 Å². The molecule has 12 heteroatoms. The number of benzene rings is 1. The van der Waals surface area contributed by atoms with Gasteiger partial charge in [0.25, 0.3) is 5.91 Å². The number of methoxy groups -OCH3 is 3. The normalized spacial score (nSPS) is 16.3. The summed E-state index contributed by atoms with van der Waals surface area (Å²) in [5.74, 6) is 1.61. The van der Waals surface area contributed by atoms with Gasteiger partial charge in [0.2, 0.25) is 10.3 Å². The summed E-state index contributed by atoms with van der Waals surface area (Å²) in [7, 11) is 4.56. The maximum atomic E-state index is 12.9. The maximum Gasteiger partial charge on any atom is 0.259 e. The molecule has 1 amide bonds. The number of carbonyl (C=O) groups excluding carboxylic acids is 1. The summed E-state index contributed by atoms with van der Waals surface area (Å²) in [6.07, 6.45) is 1.72. The highest BCUT2D eigenvalue weighted by atomic mass is 32.1. The van der Waals surface area contributed by atoms with E-state index in [-0.39, 0.29) is 11.9 Å². The van der Waals surface area contributed by atoms with Crippen LogP contribution in [0.5, 0.6) is 11.5 Å². The Kier molecular flexibility index (Phi) is 7.15. The number of aromatic nitrogens is 4. The second-order valence-corrected chi connectivity index (χ2v) is 8.30. The van der Waals surface area contributed by atoms with Crippen molar-refractivity contribution in [3.63, 3.8) is 0 Å². The second-order valence-electron chi connectivity index (χ2n) is 7.32. The average Bonchev–Trinajstić information content (AvgIpc) is 3.49. The lowest BCUT2D eigenvalue weighted by Crippen LogP contribution is -2.26. The van der Waals surface area contributed by atoms with Crippen LogP contribution in [0.15, 0.2) is 36.5 Å². The number of amides is 1. The summed E-state index contributed by atoms with van der Waals surface area (Å²) in [4.78, 5) is 15.0. The van der Waals surface area contributed by atoms with E-state index in [2.05, 4.69) is 35.9 Å². The molecule has 11 nitrogen and oxygen atoms in total. The molecule has 2 atom stereocenters. The Labute approximate surface area is 195 Å². The number of ether oxygens (including phenoxy) is 3. The van der Waals surface area contributed by atoms with Crippen LogP contribution in [0.1, 0.15) is 18.1 Å². The Morgan fingerprint density at radius 3 is 2.55 bits per heavy atom. The van der Waals surface area contributed by atoms with Crippen molar-refractivity contribution < 1.29 is 19.0 Å². The molecule has 1 aliphatic heterocycles. The summed E-state index contributed by atoms with van der Waals surface area (Å²) < 4.78 is 16.0. The van der Waals surface area contributed by atoms with Crippen molar-refractivity contribution in [1.82, 2.24) is 20.4 Å². The predicted octanol–water partition coefficient (Wildman–Crippen LogP) is 2.36. The van der Waals surface area contributed by atoms with Crippen molar-refractivity contribution in [1.29, 1.82) is 0 Å². The van der Waals surface area contributed by atoms with Crippen molar-refractivity contribution in [3.8, 4) is 11.5 Å². The van der Waals surface area contributed by atoms with Gasteiger partial charge in [-0.3, -0.25) is 10.1 Å². The molecule has 1 aromatic carbocycles. The van der Waals surface area contributed by atoms with E-state index in [0.29, 0.717) is 27.3 Å². The van der Waals surface area contributed by atoms with E-state index in [9.17, 15) is 4.79 Å². The van der Waals surface area contributed by atoms with Gasteiger partial charge in [0.15, 0.2) is 11.9 Å². The summed E-state index contributed by atoms with van der Waals surface area (Å²) in [5, 5.41) is 23.5. The summed E-state index contributed by atoms with van der Waals surface area (Å²) in [6, 6.07) is 9.19. The zero-order chi connectivity index (χ0) is 23.2. The number of hydrogen-bond donors (Lipinski definition) is 2. The number of carbonyl (C=O) groups is 1. The van der Waals surface area contributed by atoms with Crippen LogP contribution in [-0.2, 0) is 9.53 Å². The first-order chi connectivity index (χ1) is 16.1. The molecule has 0 bridgehead atoms. The van der Waals surface area contributed by atoms with Gasteiger partial charge in [-0.15, -0.1) is 15.3 Å². The SMILES string of the molecule is COc1cc(OC)cc(C(OC)C(=O)Nc2nnc(N[C@@H]3CCN(c4cccnn4)C3)s2)c1. The molecule has 1 unspecified atom stereocenters. The van der Waals surface area contributed by atoms with E-state index in [1.54, 1.807) is 38.6 Å². The van der Waals surface area contributed by atoms with Crippen LogP contribution < -0.4 is 25.0 Å². The van der Waals surface area contributed by atoms with Crippen molar-refractivity contribution in [2.24, 2.45) is 0 Å². The Bertz CT molecular complexity index is 1060. The molecule has 1 aliphatic rings. The first-order valence-electron chi connectivity index (χ1n) is 10.3. The lowest BCUT2D eigenvalue weighted by atomic mass is 10.1. The molecule has 4 rings (SSSR count). The third kappa shape index (κ3) is 5.46. The number of hydrogen-bond acceptors (Lipinski definition) is 11. The molecule has 1 saturated heterocycles. The topological polar surface area (TPSA) is 124 Å². The van der Waals surface area contributed by atoms with Gasteiger partial charge in [-0.05, 0) is 36.2 Å². The minimum Gasteiger partial charge on any atom is -0.497 e.